The predicted octanol–water partition coefficient (Wildman–Crippen LogP) is 5.29. The second kappa shape index (κ2) is 8.30. The first-order chi connectivity index (χ1) is 15.8. The lowest BCUT2D eigenvalue weighted by atomic mass is 9.99. The number of carboxylic acids is 1. The number of alkyl halides is 2. The van der Waals surface area contributed by atoms with Gasteiger partial charge in [0.2, 0.25) is 0 Å². The Morgan fingerprint density at radius 2 is 2.12 bits per heavy atom. The number of anilines is 1. The molecule has 0 radical (unpaired) electrons. The fourth-order valence-electron chi connectivity index (χ4n) is 4.69. The molecule has 1 aliphatic heterocycles. The van der Waals surface area contributed by atoms with Crippen molar-refractivity contribution in [2.75, 3.05) is 11.4 Å². The fraction of sp³-hybridized carbons (Fsp3) is 0.304. The van der Waals surface area contributed by atoms with E-state index in [9.17, 15) is 23.1 Å². The molecule has 33 heavy (non-hydrogen) atoms. The van der Waals surface area contributed by atoms with Gasteiger partial charge in [0.05, 0.1) is 24.5 Å². The Labute approximate surface area is 191 Å². The minimum Gasteiger partial charge on any atom is -0.481 e. The fourth-order valence-corrected chi connectivity index (χ4v) is 4.86. The molecule has 0 spiro atoms. The summed E-state index contributed by atoms with van der Waals surface area (Å²) >= 11 is 6.20. The molecule has 1 aliphatic rings. The molecule has 4 aromatic rings. The second-order valence-corrected chi connectivity index (χ2v) is 8.55. The standard InChI is InChI=1S/C23H19ClF3N3O3/c24-12-1-4-15-16(9-22(31)32)18-5-3-14(10-30(18)19(15)7-12)29(11-21(26)27)23-28-17-8-13(25)2-6-20(17)33-23/h1-2,4,6-8,14,21H,3,5,9-11H2,(H,31,32). The number of hydrogen-bond acceptors (Lipinski definition) is 4. The van der Waals surface area contributed by atoms with Gasteiger partial charge in [0.15, 0.2) is 5.58 Å². The van der Waals surface area contributed by atoms with Crippen LogP contribution in [-0.2, 0) is 24.2 Å². The van der Waals surface area contributed by atoms with E-state index in [0.29, 0.717) is 35.6 Å². The monoisotopic (exact) mass is 477 g/mol. The summed E-state index contributed by atoms with van der Waals surface area (Å²) in [7, 11) is 0. The highest BCUT2D eigenvalue weighted by Gasteiger charge is 2.32. The minimum atomic E-state index is -2.64. The molecule has 0 saturated heterocycles. The molecule has 0 bridgehead atoms. The van der Waals surface area contributed by atoms with Crippen molar-refractivity contribution in [3.05, 3.63) is 58.5 Å². The Hall–Kier alpha value is -3.20. The number of hydrogen-bond donors (Lipinski definition) is 1. The molecular weight excluding hydrogens is 459 g/mol. The van der Waals surface area contributed by atoms with Crippen molar-refractivity contribution < 1.29 is 27.5 Å². The van der Waals surface area contributed by atoms with Gasteiger partial charge < -0.3 is 19.0 Å². The van der Waals surface area contributed by atoms with E-state index in [1.54, 1.807) is 18.2 Å². The number of nitrogens with zero attached hydrogens (tertiary/aromatic N) is 3. The third-order valence-corrected chi connectivity index (χ3v) is 6.28. The Balaban J connectivity index is 1.56. The summed E-state index contributed by atoms with van der Waals surface area (Å²) in [4.78, 5) is 17.1. The van der Waals surface area contributed by atoms with E-state index >= 15 is 0 Å². The van der Waals surface area contributed by atoms with Gasteiger partial charge in [-0.1, -0.05) is 17.7 Å². The van der Waals surface area contributed by atoms with Crippen molar-refractivity contribution in [2.45, 2.75) is 38.3 Å². The zero-order valence-electron chi connectivity index (χ0n) is 17.3. The topological polar surface area (TPSA) is 71.5 Å². The molecule has 2 aromatic heterocycles. The van der Waals surface area contributed by atoms with Crippen LogP contribution >= 0.6 is 11.6 Å². The zero-order chi connectivity index (χ0) is 23.3. The molecule has 3 heterocycles. The van der Waals surface area contributed by atoms with Crippen LogP contribution in [0.2, 0.25) is 5.02 Å². The van der Waals surface area contributed by atoms with Crippen LogP contribution in [0.4, 0.5) is 19.2 Å². The second-order valence-electron chi connectivity index (χ2n) is 8.11. The molecule has 0 fully saturated rings. The molecule has 172 valence electrons. The number of aliphatic carboxylic acids is 1. The Morgan fingerprint density at radius 3 is 2.88 bits per heavy atom. The summed E-state index contributed by atoms with van der Waals surface area (Å²) in [5, 5.41) is 10.7. The van der Waals surface area contributed by atoms with E-state index in [-0.39, 0.29) is 18.0 Å². The van der Waals surface area contributed by atoms with Gasteiger partial charge in [0, 0.05) is 28.7 Å². The maximum Gasteiger partial charge on any atom is 0.307 e. The third kappa shape index (κ3) is 4.01. The molecule has 10 heteroatoms. The van der Waals surface area contributed by atoms with Gasteiger partial charge in [-0.05, 0) is 42.7 Å². The highest BCUT2D eigenvalue weighted by atomic mass is 35.5. The van der Waals surface area contributed by atoms with Gasteiger partial charge in [-0.3, -0.25) is 4.79 Å². The molecule has 1 N–H and O–H groups in total. The van der Waals surface area contributed by atoms with Crippen LogP contribution in [0.1, 0.15) is 17.7 Å². The van der Waals surface area contributed by atoms with Gasteiger partial charge in [0.1, 0.15) is 11.3 Å². The maximum absolute atomic E-state index is 13.6. The molecule has 0 aliphatic carbocycles. The lowest BCUT2D eigenvalue weighted by Gasteiger charge is -2.34. The van der Waals surface area contributed by atoms with Crippen LogP contribution in [0.15, 0.2) is 40.8 Å². The third-order valence-electron chi connectivity index (χ3n) is 6.05. The molecule has 2 aromatic carbocycles. The number of benzene rings is 2. The summed E-state index contributed by atoms with van der Waals surface area (Å²) in [6.07, 6.45) is -1.79. The Kier molecular flexibility index (Phi) is 5.44. The highest BCUT2D eigenvalue weighted by Crippen LogP contribution is 2.35. The Bertz CT molecular complexity index is 1370. The largest absolute Gasteiger partial charge is 0.481 e. The van der Waals surface area contributed by atoms with Gasteiger partial charge in [-0.15, -0.1) is 0 Å². The van der Waals surface area contributed by atoms with Gasteiger partial charge >= 0.3 is 5.97 Å². The average Bonchev–Trinajstić information content (AvgIpc) is 3.30. The summed E-state index contributed by atoms with van der Waals surface area (Å²) in [5.41, 5.74) is 2.90. The zero-order valence-corrected chi connectivity index (χ0v) is 18.0. The van der Waals surface area contributed by atoms with E-state index in [2.05, 4.69) is 4.98 Å². The molecule has 0 amide bonds. The highest BCUT2D eigenvalue weighted by molar-refractivity contribution is 6.31. The number of aromatic nitrogens is 2. The minimum absolute atomic E-state index is 0.00426. The van der Waals surface area contributed by atoms with Crippen LogP contribution in [0.25, 0.3) is 22.0 Å². The van der Waals surface area contributed by atoms with E-state index < -0.39 is 30.8 Å². The number of carbonyl (C=O) groups is 1. The first kappa shape index (κ1) is 21.6. The first-order valence-corrected chi connectivity index (χ1v) is 10.8. The normalized spacial score (nSPS) is 16.0. The number of halogens is 4. The predicted molar refractivity (Wildman–Crippen MR) is 118 cm³/mol. The van der Waals surface area contributed by atoms with Crippen LogP contribution in [-0.4, -0.2) is 39.6 Å². The number of fused-ring (bicyclic) bond motifs is 4. The van der Waals surface area contributed by atoms with Crippen molar-refractivity contribution in [3.63, 3.8) is 0 Å². The number of rotatable bonds is 6. The molecular formula is C23H19ClF3N3O3. The molecule has 1 atom stereocenters. The van der Waals surface area contributed by atoms with Gasteiger partial charge in [0.25, 0.3) is 12.4 Å². The SMILES string of the molecule is O=C(O)Cc1c2n(c3cc(Cl)ccc13)CC(N(CC(F)F)c1nc3cc(F)ccc3o1)CC2. The maximum atomic E-state index is 13.6. The van der Waals surface area contributed by atoms with Crippen molar-refractivity contribution in [3.8, 4) is 0 Å². The summed E-state index contributed by atoms with van der Waals surface area (Å²) in [6, 6.07) is 8.71. The van der Waals surface area contributed by atoms with Crippen LogP contribution in [0.5, 0.6) is 0 Å². The molecule has 5 rings (SSSR count). The number of carboxylic acid groups (broad SMARTS) is 1. The van der Waals surface area contributed by atoms with Crippen molar-refractivity contribution in [2.24, 2.45) is 0 Å². The lowest BCUT2D eigenvalue weighted by Crippen LogP contribution is -2.44. The van der Waals surface area contributed by atoms with Gasteiger partial charge in [-0.2, -0.15) is 4.98 Å². The summed E-state index contributed by atoms with van der Waals surface area (Å²) < 4.78 is 48.3. The number of oxazole rings is 1. The quantitative estimate of drug-likeness (QED) is 0.408. The van der Waals surface area contributed by atoms with Crippen LogP contribution in [0.3, 0.4) is 0 Å². The van der Waals surface area contributed by atoms with Crippen molar-refractivity contribution >= 4 is 45.6 Å². The smallest absolute Gasteiger partial charge is 0.307 e. The van der Waals surface area contributed by atoms with Gasteiger partial charge in [-0.25, -0.2) is 13.2 Å². The average molecular weight is 478 g/mol. The summed E-state index contributed by atoms with van der Waals surface area (Å²) in [5.74, 6) is -1.44. The van der Waals surface area contributed by atoms with E-state index in [1.807, 2.05) is 4.57 Å². The van der Waals surface area contributed by atoms with Crippen molar-refractivity contribution in [1.82, 2.24) is 9.55 Å². The van der Waals surface area contributed by atoms with Crippen LogP contribution < -0.4 is 4.90 Å². The molecule has 0 saturated carbocycles. The first-order valence-electron chi connectivity index (χ1n) is 10.4. The Morgan fingerprint density at radius 1 is 1.30 bits per heavy atom. The van der Waals surface area contributed by atoms with Crippen molar-refractivity contribution in [1.29, 1.82) is 0 Å². The van der Waals surface area contributed by atoms with E-state index in [0.717, 1.165) is 16.6 Å². The molecule has 6 nitrogen and oxygen atoms in total. The lowest BCUT2D eigenvalue weighted by molar-refractivity contribution is -0.136. The summed E-state index contributed by atoms with van der Waals surface area (Å²) in [6.45, 7) is -0.275. The van der Waals surface area contributed by atoms with Crippen LogP contribution in [0, 0.1) is 5.82 Å². The van der Waals surface area contributed by atoms with E-state index in [4.69, 9.17) is 16.0 Å². The van der Waals surface area contributed by atoms with E-state index in [1.165, 1.54) is 23.1 Å². The molecule has 1 unspecified atom stereocenters.